The molecule has 1 saturated heterocycles. The summed E-state index contributed by atoms with van der Waals surface area (Å²) in [4.78, 5) is 15.0. The molecule has 1 N–H and O–H groups in total. The largest absolute Gasteiger partial charge is 0.384 e. The van der Waals surface area contributed by atoms with Crippen molar-refractivity contribution in [3.05, 3.63) is 29.6 Å². The smallest absolute Gasteiger partial charge is 0.251 e. The van der Waals surface area contributed by atoms with E-state index in [9.17, 15) is 14.3 Å². The van der Waals surface area contributed by atoms with Crippen molar-refractivity contribution in [2.75, 3.05) is 31.1 Å². The van der Waals surface area contributed by atoms with Gasteiger partial charge in [-0.1, -0.05) is 0 Å². The van der Waals surface area contributed by atoms with Crippen LogP contribution in [0.2, 0.25) is 0 Å². The Morgan fingerprint density at radius 1 is 1.40 bits per heavy atom. The van der Waals surface area contributed by atoms with Crippen LogP contribution in [0.3, 0.4) is 0 Å². The highest BCUT2D eigenvalue weighted by Gasteiger charge is 2.24. The molecule has 0 saturated carbocycles. The number of aliphatic hydroxyl groups is 1. The van der Waals surface area contributed by atoms with E-state index in [0.717, 1.165) is 0 Å². The molecular formula is C14H16FN3O2. The van der Waals surface area contributed by atoms with Crippen LogP contribution in [0.1, 0.15) is 12.5 Å². The molecule has 20 heavy (non-hydrogen) atoms. The van der Waals surface area contributed by atoms with E-state index in [1.54, 1.807) is 17.0 Å². The molecule has 1 atom stereocenters. The van der Waals surface area contributed by atoms with Crippen molar-refractivity contribution in [3.63, 3.8) is 0 Å². The highest BCUT2D eigenvalue weighted by atomic mass is 19.1. The Balaban J connectivity index is 2.04. The summed E-state index contributed by atoms with van der Waals surface area (Å²) in [6.45, 7) is 3.34. The van der Waals surface area contributed by atoms with Gasteiger partial charge in [-0.3, -0.25) is 4.79 Å². The number of halogens is 1. The van der Waals surface area contributed by atoms with Crippen LogP contribution in [-0.4, -0.2) is 48.2 Å². The zero-order valence-corrected chi connectivity index (χ0v) is 11.2. The highest BCUT2D eigenvalue weighted by Crippen LogP contribution is 2.22. The van der Waals surface area contributed by atoms with Crippen LogP contribution in [0, 0.1) is 17.1 Å². The van der Waals surface area contributed by atoms with Crippen LogP contribution in [0.5, 0.6) is 0 Å². The molecule has 0 aromatic heterocycles. The van der Waals surface area contributed by atoms with Crippen molar-refractivity contribution < 1.29 is 14.3 Å². The lowest BCUT2D eigenvalue weighted by Gasteiger charge is -2.36. The van der Waals surface area contributed by atoms with Crippen molar-refractivity contribution in [3.8, 4) is 6.07 Å². The molecule has 0 aliphatic carbocycles. The number of anilines is 1. The van der Waals surface area contributed by atoms with Crippen LogP contribution in [0.4, 0.5) is 10.1 Å². The Bertz CT molecular complexity index is 546. The van der Waals surface area contributed by atoms with Gasteiger partial charge >= 0.3 is 0 Å². The first-order valence-corrected chi connectivity index (χ1v) is 6.44. The number of amides is 1. The van der Waals surface area contributed by atoms with E-state index < -0.39 is 11.9 Å². The summed E-state index contributed by atoms with van der Waals surface area (Å²) in [7, 11) is 0. The fourth-order valence-electron chi connectivity index (χ4n) is 2.26. The maximum absolute atomic E-state index is 13.9. The van der Waals surface area contributed by atoms with E-state index in [1.807, 2.05) is 11.0 Å². The number of hydrogen-bond donors (Lipinski definition) is 1. The normalized spacial score (nSPS) is 16.7. The Morgan fingerprint density at radius 3 is 2.55 bits per heavy atom. The van der Waals surface area contributed by atoms with Crippen molar-refractivity contribution in [2.24, 2.45) is 0 Å². The molecule has 1 fully saturated rings. The maximum atomic E-state index is 13.9. The predicted octanol–water partition coefficient (Wildman–Crippen LogP) is 0.727. The van der Waals surface area contributed by atoms with E-state index in [4.69, 9.17) is 5.26 Å². The van der Waals surface area contributed by atoms with Gasteiger partial charge in [-0.2, -0.15) is 5.26 Å². The van der Waals surface area contributed by atoms with Crippen molar-refractivity contribution in [1.82, 2.24) is 4.90 Å². The van der Waals surface area contributed by atoms with Gasteiger partial charge in [0.05, 0.1) is 17.3 Å². The molecule has 1 aliphatic heterocycles. The molecule has 1 aromatic carbocycles. The number of rotatable bonds is 2. The van der Waals surface area contributed by atoms with E-state index in [0.29, 0.717) is 31.9 Å². The van der Waals surface area contributed by atoms with Crippen LogP contribution >= 0.6 is 0 Å². The van der Waals surface area contributed by atoms with Gasteiger partial charge in [0, 0.05) is 26.2 Å². The van der Waals surface area contributed by atoms with Gasteiger partial charge < -0.3 is 14.9 Å². The maximum Gasteiger partial charge on any atom is 0.251 e. The lowest BCUT2D eigenvalue weighted by Crippen LogP contribution is -2.51. The Labute approximate surface area is 116 Å². The Kier molecular flexibility index (Phi) is 4.20. The fourth-order valence-corrected chi connectivity index (χ4v) is 2.26. The molecule has 1 aliphatic rings. The average Bonchev–Trinajstić information content (AvgIpc) is 2.46. The summed E-state index contributed by atoms with van der Waals surface area (Å²) >= 11 is 0. The summed E-state index contributed by atoms with van der Waals surface area (Å²) in [6.07, 6.45) is -1.01. The van der Waals surface area contributed by atoms with Gasteiger partial charge in [-0.05, 0) is 25.1 Å². The molecule has 0 bridgehead atoms. The molecule has 6 heteroatoms. The minimum absolute atomic E-state index is 0.286. The molecular weight excluding hydrogens is 261 g/mol. The second kappa shape index (κ2) is 5.88. The second-order valence-electron chi connectivity index (χ2n) is 4.77. The first kappa shape index (κ1) is 14.3. The van der Waals surface area contributed by atoms with Crippen LogP contribution in [-0.2, 0) is 4.79 Å². The fraction of sp³-hybridized carbons (Fsp3) is 0.429. The summed E-state index contributed by atoms with van der Waals surface area (Å²) < 4.78 is 13.9. The summed E-state index contributed by atoms with van der Waals surface area (Å²) in [5.41, 5.74) is 0.724. The number of piperazine rings is 1. The van der Waals surface area contributed by atoms with Gasteiger partial charge in [-0.25, -0.2) is 4.39 Å². The van der Waals surface area contributed by atoms with Crippen molar-refractivity contribution >= 4 is 11.6 Å². The molecule has 0 spiro atoms. The predicted molar refractivity (Wildman–Crippen MR) is 71.6 cm³/mol. The van der Waals surface area contributed by atoms with Crippen molar-refractivity contribution in [2.45, 2.75) is 13.0 Å². The SMILES string of the molecule is CC(O)C(=O)N1CCN(c2ccc(C#N)cc2F)CC1. The molecule has 1 aromatic rings. The number of benzene rings is 1. The molecule has 1 heterocycles. The van der Waals surface area contributed by atoms with E-state index >= 15 is 0 Å². The average molecular weight is 277 g/mol. The third-order valence-corrected chi connectivity index (χ3v) is 3.37. The molecule has 0 radical (unpaired) electrons. The van der Waals surface area contributed by atoms with Gasteiger partial charge in [-0.15, -0.1) is 0 Å². The van der Waals surface area contributed by atoms with Crippen molar-refractivity contribution in [1.29, 1.82) is 5.26 Å². The lowest BCUT2D eigenvalue weighted by atomic mass is 10.1. The minimum atomic E-state index is -1.01. The number of aliphatic hydroxyl groups excluding tert-OH is 1. The standard InChI is InChI=1S/C14H16FN3O2/c1-10(19)14(20)18-6-4-17(5-7-18)13-3-2-11(9-16)8-12(13)15/h2-3,8,10,19H,4-7H2,1H3. The number of nitriles is 1. The summed E-state index contributed by atoms with van der Waals surface area (Å²) in [5.74, 6) is -0.732. The Hall–Kier alpha value is -2.13. The van der Waals surface area contributed by atoms with Gasteiger partial charge in [0.2, 0.25) is 0 Å². The van der Waals surface area contributed by atoms with Crippen LogP contribution in [0.25, 0.3) is 0 Å². The van der Waals surface area contributed by atoms with Gasteiger partial charge in [0.25, 0.3) is 5.91 Å². The number of carbonyl (C=O) groups is 1. The summed E-state index contributed by atoms with van der Waals surface area (Å²) in [5, 5.41) is 18.0. The number of carbonyl (C=O) groups excluding carboxylic acids is 1. The molecule has 5 nitrogen and oxygen atoms in total. The van der Waals surface area contributed by atoms with E-state index in [-0.39, 0.29) is 11.5 Å². The Morgan fingerprint density at radius 2 is 2.05 bits per heavy atom. The minimum Gasteiger partial charge on any atom is -0.384 e. The molecule has 1 unspecified atom stereocenters. The zero-order chi connectivity index (χ0) is 14.7. The monoisotopic (exact) mass is 277 g/mol. The topological polar surface area (TPSA) is 67.6 Å². The van der Waals surface area contributed by atoms with E-state index in [1.165, 1.54) is 13.0 Å². The molecule has 2 rings (SSSR count). The lowest BCUT2D eigenvalue weighted by molar-refractivity contribution is -0.139. The third-order valence-electron chi connectivity index (χ3n) is 3.37. The second-order valence-corrected chi connectivity index (χ2v) is 4.77. The van der Waals surface area contributed by atoms with E-state index in [2.05, 4.69) is 0 Å². The van der Waals surface area contributed by atoms with Gasteiger partial charge in [0.15, 0.2) is 0 Å². The first-order valence-electron chi connectivity index (χ1n) is 6.44. The quantitative estimate of drug-likeness (QED) is 0.865. The number of hydrogen-bond acceptors (Lipinski definition) is 4. The molecule has 106 valence electrons. The highest BCUT2D eigenvalue weighted by molar-refractivity contribution is 5.80. The number of nitrogens with zero attached hydrogens (tertiary/aromatic N) is 3. The van der Waals surface area contributed by atoms with Crippen LogP contribution in [0.15, 0.2) is 18.2 Å². The molecule has 1 amide bonds. The zero-order valence-electron chi connectivity index (χ0n) is 11.2. The first-order chi connectivity index (χ1) is 9.52. The van der Waals surface area contributed by atoms with Gasteiger partial charge in [0.1, 0.15) is 11.9 Å². The van der Waals surface area contributed by atoms with Crippen LogP contribution < -0.4 is 4.90 Å². The third kappa shape index (κ3) is 2.89. The summed E-state index contributed by atoms with van der Waals surface area (Å²) in [6, 6.07) is 6.26.